The van der Waals surface area contributed by atoms with Crippen molar-refractivity contribution >= 4 is 23.6 Å². The van der Waals surface area contributed by atoms with Crippen molar-refractivity contribution in [2.45, 2.75) is 143 Å². The van der Waals surface area contributed by atoms with E-state index in [1.807, 2.05) is 0 Å². The molecular weight excluding hydrogens is 1250 g/mol. The first-order valence-electron chi connectivity index (χ1n) is 31.0. The highest BCUT2D eigenvalue weighted by atomic mass is 16.7. The van der Waals surface area contributed by atoms with E-state index in [-0.39, 0.29) is 208 Å². The van der Waals surface area contributed by atoms with Crippen LogP contribution >= 0.6 is 0 Å². The second-order valence-corrected chi connectivity index (χ2v) is 21.4. The number of ether oxygens (including phenoxy) is 15. The lowest BCUT2D eigenvalue weighted by Crippen LogP contribution is -2.59. The third-order valence-corrected chi connectivity index (χ3v) is 14.2. The molecule has 0 aromatic carbocycles. The maximum Gasteiger partial charge on any atom is 0.246 e. The molecule has 3 rings (SSSR count). The quantitative estimate of drug-likeness (QED) is 0.0116. The molecule has 3 fully saturated rings. The lowest BCUT2D eigenvalue weighted by molar-refractivity contribution is -0.302. The van der Waals surface area contributed by atoms with Crippen molar-refractivity contribution in [3.63, 3.8) is 0 Å². The van der Waals surface area contributed by atoms with E-state index in [2.05, 4.69) is 31.3 Å². The van der Waals surface area contributed by atoms with Crippen LogP contribution in [0.1, 0.15) is 44.9 Å². The van der Waals surface area contributed by atoms with E-state index in [9.17, 15) is 80.5 Å². The van der Waals surface area contributed by atoms with Crippen LogP contribution in [0.3, 0.4) is 0 Å². The van der Waals surface area contributed by atoms with Gasteiger partial charge in [0.2, 0.25) is 23.6 Å². The average Bonchev–Trinajstić information content (AvgIpc) is 1.09. The van der Waals surface area contributed by atoms with Crippen molar-refractivity contribution in [3.05, 3.63) is 10.4 Å². The first-order chi connectivity index (χ1) is 44.9. The Hall–Kier alpha value is -3.89. The number of carbonyl (C=O) groups is 4. The van der Waals surface area contributed by atoms with E-state index >= 15 is 0 Å². The third kappa shape index (κ3) is 34.3. The summed E-state index contributed by atoms with van der Waals surface area (Å²) in [5.41, 5.74) is 7.32. The van der Waals surface area contributed by atoms with E-state index in [4.69, 9.17) is 76.6 Å². The summed E-state index contributed by atoms with van der Waals surface area (Å²) in [5.74, 6) is -1.61. The van der Waals surface area contributed by atoms with Crippen molar-refractivity contribution in [3.8, 4) is 0 Å². The van der Waals surface area contributed by atoms with E-state index in [0.29, 0.717) is 19.3 Å². The molecule has 542 valence electrons. The molecule has 0 saturated carbocycles. The number of azide groups is 1. The predicted octanol–water partition coefficient (Wildman–Crippen LogP) is -8.17. The fourth-order valence-corrected chi connectivity index (χ4v) is 8.93. The molecule has 0 aromatic heterocycles. The molecule has 3 aliphatic rings. The van der Waals surface area contributed by atoms with Crippen LogP contribution in [0, 0.1) is 0 Å². The fraction of sp³-hybridized carbons (Fsp3) is 0.927. The normalized spacial score (nSPS) is 27.0. The summed E-state index contributed by atoms with van der Waals surface area (Å²) < 4.78 is 82.5. The van der Waals surface area contributed by atoms with Gasteiger partial charge in [-0.3, -0.25) is 19.2 Å². The van der Waals surface area contributed by atoms with Crippen LogP contribution in [-0.4, -0.2) is 367 Å². The van der Waals surface area contributed by atoms with Gasteiger partial charge in [-0.1, -0.05) is 11.5 Å². The monoisotopic (exact) mass is 1360 g/mol. The number of aliphatic hydroxyl groups is 12. The average molecular weight is 1360 g/mol. The number of hydrogen-bond acceptors (Lipinski definition) is 32. The third-order valence-electron chi connectivity index (χ3n) is 14.2. The molecule has 6 unspecified atom stereocenters. The molecular formula is C55H101N7O31. The summed E-state index contributed by atoms with van der Waals surface area (Å²) in [6.45, 7) is -0.796. The van der Waals surface area contributed by atoms with Gasteiger partial charge in [0.1, 0.15) is 79.9 Å². The first kappa shape index (κ1) is 83.3. The maximum atomic E-state index is 13.6. The number of carbonyl (C=O) groups excluding carboxylic acids is 4. The molecule has 4 amide bonds. The number of nitrogens with one attached hydrogen (secondary N) is 4. The Morgan fingerprint density at radius 1 is 0.398 bits per heavy atom. The minimum absolute atomic E-state index is 0.0383. The Morgan fingerprint density at radius 3 is 1.14 bits per heavy atom. The summed E-state index contributed by atoms with van der Waals surface area (Å²) in [5, 5.41) is 132. The molecule has 0 aliphatic carbocycles. The predicted molar refractivity (Wildman–Crippen MR) is 313 cm³/mol. The van der Waals surface area contributed by atoms with Gasteiger partial charge in [0.15, 0.2) is 18.9 Å². The summed E-state index contributed by atoms with van der Waals surface area (Å²) in [6, 6.07) is 0. The Morgan fingerprint density at radius 2 is 0.763 bits per heavy atom. The molecule has 15 atom stereocenters. The Balaban J connectivity index is 1.45. The van der Waals surface area contributed by atoms with E-state index in [1.54, 1.807) is 0 Å². The van der Waals surface area contributed by atoms with Crippen LogP contribution in [-0.2, 0) is 90.2 Å². The molecule has 3 aliphatic heterocycles. The molecule has 3 saturated heterocycles. The standard InChI is InChI=1S/C55H101N7O31/c56-62-60-8-3-1-2-4-41(68)61-55(7-14-85-33-42(69)59-11-17-81-20-23-84-26-29-90-54-51(78)48(75)45(72)38(32-65)93-54,34-86-12-5-39(66)57-9-15-79-18-21-82-24-27-88-52-49(76)46(73)43(70)36(30-63)91-52)35-87-13-6-40(67)58-10-16-80-19-22-83-25-28-89-53-50(77)47(74)44(71)37(31-64)92-53/h36-38,43-54,63-65,70-78H,1-35H2,(H,57,66)(H,58,67)(H,59,69)(H,61,68)/t36?,37?,38?,43-,44-,45-,46?,47?,48?,49-,50-,51-,52+,53+,54+,55?/m1/s1. The van der Waals surface area contributed by atoms with Crippen molar-refractivity contribution in [2.75, 3.05) is 185 Å². The minimum Gasteiger partial charge on any atom is -0.394 e. The van der Waals surface area contributed by atoms with Gasteiger partial charge in [-0.05, 0) is 24.8 Å². The highest BCUT2D eigenvalue weighted by molar-refractivity contribution is 5.78. The molecule has 38 heteroatoms. The maximum absolute atomic E-state index is 13.6. The largest absolute Gasteiger partial charge is 0.394 e. The van der Waals surface area contributed by atoms with Gasteiger partial charge in [-0.2, -0.15) is 0 Å². The van der Waals surface area contributed by atoms with Gasteiger partial charge in [-0.25, -0.2) is 0 Å². The zero-order chi connectivity index (χ0) is 68.1. The molecule has 0 aromatic rings. The number of unbranched alkanes of at least 4 members (excludes halogenated alkanes) is 2. The fourth-order valence-electron chi connectivity index (χ4n) is 8.93. The van der Waals surface area contributed by atoms with Crippen molar-refractivity contribution in [1.82, 2.24) is 21.3 Å². The Bertz CT molecular complexity index is 1840. The topological polar surface area (TPSA) is 546 Å². The van der Waals surface area contributed by atoms with Crippen LogP contribution in [0.4, 0.5) is 0 Å². The summed E-state index contributed by atoms with van der Waals surface area (Å²) in [6.07, 6.45) is -19.6. The van der Waals surface area contributed by atoms with Crippen molar-refractivity contribution in [2.24, 2.45) is 5.11 Å². The van der Waals surface area contributed by atoms with Crippen LogP contribution in [0.15, 0.2) is 5.11 Å². The van der Waals surface area contributed by atoms with Gasteiger partial charge in [-0.15, -0.1) is 0 Å². The molecule has 3 heterocycles. The van der Waals surface area contributed by atoms with Gasteiger partial charge < -0.3 is 154 Å². The molecule has 0 radical (unpaired) electrons. The van der Waals surface area contributed by atoms with E-state index < -0.39 is 123 Å². The second-order valence-electron chi connectivity index (χ2n) is 21.4. The Labute approximate surface area is 538 Å². The molecule has 16 N–H and O–H groups in total. The number of rotatable bonds is 55. The van der Waals surface area contributed by atoms with E-state index in [1.165, 1.54) is 0 Å². The van der Waals surface area contributed by atoms with Crippen LogP contribution < -0.4 is 21.3 Å². The van der Waals surface area contributed by atoms with Gasteiger partial charge in [0.25, 0.3) is 0 Å². The lowest BCUT2D eigenvalue weighted by atomic mass is 9.96. The lowest BCUT2D eigenvalue weighted by Gasteiger charge is -2.39. The molecule has 0 bridgehead atoms. The number of hydrogen-bond donors (Lipinski definition) is 16. The van der Waals surface area contributed by atoms with Crippen molar-refractivity contribution < 1.29 is 152 Å². The number of amides is 4. The van der Waals surface area contributed by atoms with Gasteiger partial charge >= 0.3 is 0 Å². The SMILES string of the molecule is [N-]=[N+]=NCCCCCC(=O)NC(CCOCC(=O)NCCOCCOCCO[C@H]1OC(CO)[C@@H](O)C(O)[C@H]1O)(COCCC(=O)NCCOCCOCCO[C@H]1OC(CO)[C@@H](O)C(O)[C@H]1O)COCCC(=O)NCCOCCOCCO[C@H]1OC(CO)[C@@H](O)C(O)[C@H]1O. The molecule has 0 spiro atoms. The second kappa shape index (κ2) is 50.5. The van der Waals surface area contributed by atoms with E-state index in [0.717, 1.165) is 0 Å². The first-order valence-corrected chi connectivity index (χ1v) is 31.0. The van der Waals surface area contributed by atoms with Crippen LogP contribution in [0.25, 0.3) is 10.4 Å². The summed E-state index contributed by atoms with van der Waals surface area (Å²) in [4.78, 5) is 54.7. The highest BCUT2D eigenvalue weighted by Crippen LogP contribution is 2.25. The number of aliphatic hydroxyl groups excluding tert-OH is 12. The zero-order valence-electron chi connectivity index (χ0n) is 52.4. The minimum atomic E-state index is -1.57. The van der Waals surface area contributed by atoms with Crippen LogP contribution in [0.2, 0.25) is 0 Å². The zero-order valence-corrected chi connectivity index (χ0v) is 52.4. The van der Waals surface area contributed by atoms with Gasteiger partial charge in [0, 0.05) is 57.0 Å². The highest BCUT2D eigenvalue weighted by Gasteiger charge is 2.46. The Kier molecular flexibility index (Phi) is 45.2. The summed E-state index contributed by atoms with van der Waals surface area (Å²) in [7, 11) is 0. The molecule has 93 heavy (non-hydrogen) atoms. The smallest absolute Gasteiger partial charge is 0.246 e. The van der Waals surface area contributed by atoms with Crippen LogP contribution in [0.5, 0.6) is 0 Å². The van der Waals surface area contributed by atoms with Crippen molar-refractivity contribution in [1.29, 1.82) is 0 Å². The molecule has 38 nitrogen and oxygen atoms in total. The summed E-state index contributed by atoms with van der Waals surface area (Å²) >= 11 is 0. The van der Waals surface area contributed by atoms with Gasteiger partial charge in [0.05, 0.1) is 151 Å². The number of nitrogens with zero attached hydrogens (tertiary/aromatic N) is 3.